The maximum atomic E-state index is 4.99. The second-order valence-corrected chi connectivity index (χ2v) is 4.73. The first-order chi connectivity index (χ1) is 8.80. The van der Waals surface area contributed by atoms with Gasteiger partial charge in [-0.15, -0.1) is 11.3 Å². The second-order valence-electron chi connectivity index (χ2n) is 3.79. The summed E-state index contributed by atoms with van der Waals surface area (Å²) in [5.74, 6) is 0.803. The van der Waals surface area contributed by atoms with Crippen LogP contribution in [-0.4, -0.2) is 38.3 Å². The van der Waals surface area contributed by atoms with E-state index in [1.165, 1.54) is 5.01 Å². The van der Waals surface area contributed by atoms with E-state index in [0.717, 1.165) is 37.6 Å². The Morgan fingerprint density at radius 1 is 1.50 bits per heavy atom. The predicted octanol–water partition coefficient (Wildman–Crippen LogP) is 1.41. The van der Waals surface area contributed by atoms with Crippen LogP contribution in [0.2, 0.25) is 0 Å². The van der Waals surface area contributed by atoms with Crippen molar-refractivity contribution in [2.75, 3.05) is 27.3 Å². The molecular weight excluding hydrogens is 248 g/mol. The largest absolute Gasteiger partial charge is 0.385 e. The van der Waals surface area contributed by atoms with Crippen LogP contribution in [0.5, 0.6) is 0 Å². The van der Waals surface area contributed by atoms with Gasteiger partial charge in [0.1, 0.15) is 0 Å². The fourth-order valence-electron chi connectivity index (χ4n) is 1.41. The topological polar surface area (TPSA) is 58.5 Å². The number of thiazole rings is 1. The highest BCUT2D eigenvalue weighted by atomic mass is 32.1. The first-order valence-electron chi connectivity index (χ1n) is 6.16. The van der Waals surface area contributed by atoms with Gasteiger partial charge in [0.05, 0.1) is 17.2 Å². The molecule has 1 aromatic heterocycles. The molecule has 0 spiro atoms. The van der Waals surface area contributed by atoms with Crippen molar-refractivity contribution in [3.8, 4) is 0 Å². The van der Waals surface area contributed by atoms with E-state index in [2.05, 4.69) is 32.9 Å². The first-order valence-corrected chi connectivity index (χ1v) is 7.04. The number of ether oxygens (including phenoxy) is 1. The van der Waals surface area contributed by atoms with Crippen molar-refractivity contribution in [3.63, 3.8) is 0 Å². The van der Waals surface area contributed by atoms with Gasteiger partial charge in [-0.3, -0.25) is 4.99 Å². The molecule has 0 atom stereocenters. The minimum absolute atomic E-state index is 0.709. The molecule has 0 radical (unpaired) electrons. The van der Waals surface area contributed by atoms with E-state index >= 15 is 0 Å². The zero-order valence-electron chi connectivity index (χ0n) is 11.3. The van der Waals surface area contributed by atoms with Crippen LogP contribution in [0.15, 0.2) is 10.4 Å². The smallest absolute Gasteiger partial charge is 0.191 e. The summed E-state index contributed by atoms with van der Waals surface area (Å²) >= 11 is 1.71. The third-order valence-electron chi connectivity index (χ3n) is 2.38. The highest BCUT2D eigenvalue weighted by Gasteiger charge is 2.01. The predicted molar refractivity (Wildman–Crippen MR) is 76.2 cm³/mol. The number of guanidine groups is 1. The molecule has 1 heterocycles. The Labute approximate surface area is 113 Å². The number of methoxy groups -OCH3 is 1. The van der Waals surface area contributed by atoms with E-state index in [-0.39, 0.29) is 0 Å². The van der Waals surface area contributed by atoms with Crippen LogP contribution in [0.1, 0.15) is 24.0 Å². The fraction of sp³-hybridized carbons (Fsp3) is 0.667. The van der Waals surface area contributed by atoms with E-state index in [4.69, 9.17) is 4.74 Å². The third-order valence-corrected chi connectivity index (χ3v) is 3.42. The lowest BCUT2D eigenvalue weighted by Gasteiger charge is -2.10. The Morgan fingerprint density at radius 3 is 2.94 bits per heavy atom. The quantitative estimate of drug-likeness (QED) is 0.447. The van der Waals surface area contributed by atoms with Crippen molar-refractivity contribution in [3.05, 3.63) is 16.1 Å². The van der Waals surface area contributed by atoms with Gasteiger partial charge in [0.2, 0.25) is 0 Å². The third kappa shape index (κ3) is 5.46. The summed E-state index contributed by atoms with van der Waals surface area (Å²) in [6.45, 7) is 4.44. The van der Waals surface area contributed by atoms with Crippen LogP contribution in [0.4, 0.5) is 0 Å². The molecular formula is C12H22N4OS. The maximum absolute atomic E-state index is 4.99. The van der Waals surface area contributed by atoms with E-state index in [1.54, 1.807) is 25.5 Å². The van der Waals surface area contributed by atoms with E-state index < -0.39 is 0 Å². The van der Waals surface area contributed by atoms with Gasteiger partial charge in [-0.25, -0.2) is 4.98 Å². The monoisotopic (exact) mass is 270 g/mol. The van der Waals surface area contributed by atoms with Gasteiger partial charge in [0, 0.05) is 32.7 Å². The molecule has 0 unspecified atom stereocenters. The average Bonchev–Trinajstić information content (AvgIpc) is 2.86. The number of aryl methyl sites for hydroxylation is 1. The number of hydrogen-bond acceptors (Lipinski definition) is 4. The molecule has 2 N–H and O–H groups in total. The van der Waals surface area contributed by atoms with Crippen LogP contribution in [0, 0.1) is 0 Å². The molecule has 1 rings (SSSR count). The highest BCUT2D eigenvalue weighted by molar-refractivity contribution is 7.09. The van der Waals surface area contributed by atoms with Crippen LogP contribution in [0.25, 0.3) is 0 Å². The van der Waals surface area contributed by atoms with Gasteiger partial charge < -0.3 is 15.4 Å². The number of nitrogens with one attached hydrogen (secondary N) is 2. The van der Waals surface area contributed by atoms with Gasteiger partial charge in [-0.05, 0) is 12.8 Å². The first kappa shape index (κ1) is 14.9. The minimum atomic E-state index is 0.709. The summed E-state index contributed by atoms with van der Waals surface area (Å²) < 4.78 is 4.99. The molecule has 0 aliphatic heterocycles. The van der Waals surface area contributed by atoms with E-state index in [0.29, 0.717) is 6.54 Å². The summed E-state index contributed by atoms with van der Waals surface area (Å²) in [5.41, 5.74) is 1.07. The summed E-state index contributed by atoms with van der Waals surface area (Å²) in [4.78, 5) is 8.65. The normalized spacial score (nSPS) is 11.6. The molecule has 0 aliphatic carbocycles. The molecule has 0 aliphatic rings. The number of aromatic nitrogens is 1. The lowest BCUT2D eigenvalue weighted by Crippen LogP contribution is -2.37. The van der Waals surface area contributed by atoms with Crippen LogP contribution < -0.4 is 10.6 Å². The SMILES string of the molecule is CCc1nc(CNC(=NC)NCCCOC)cs1. The Bertz CT molecular complexity index is 365. The standard InChI is InChI=1S/C12H22N4OS/c1-4-11-16-10(9-18-11)8-15-12(13-2)14-6-5-7-17-3/h9H,4-8H2,1-3H3,(H2,13,14,15). The Morgan fingerprint density at radius 2 is 2.33 bits per heavy atom. The van der Waals surface area contributed by atoms with Crippen LogP contribution in [-0.2, 0) is 17.7 Å². The Balaban J connectivity index is 2.26. The molecule has 5 nitrogen and oxygen atoms in total. The van der Waals surface area contributed by atoms with Crippen molar-refractivity contribution >= 4 is 17.3 Å². The molecule has 0 aromatic carbocycles. The van der Waals surface area contributed by atoms with Crippen molar-refractivity contribution < 1.29 is 4.74 Å². The number of aliphatic imine (C=N–C) groups is 1. The van der Waals surface area contributed by atoms with E-state index in [9.17, 15) is 0 Å². The Kier molecular flexibility index (Phi) is 7.36. The molecule has 18 heavy (non-hydrogen) atoms. The second kappa shape index (κ2) is 8.88. The maximum Gasteiger partial charge on any atom is 0.191 e. The van der Waals surface area contributed by atoms with Crippen molar-refractivity contribution in [1.82, 2.24) is 15.6 Å². The zero-order valence-corrected chi connectivity index (χ0v) is 12.1. The van der Waals surface area contributed by atoms with Crippen molar-refractivity contribution in [2.45, 2.75) is 26.3 Å². The zero-order chi connectivity index (χ0) is 13.2. The lowest BCUT2D eigenvalue weighted by atomic mass is 10.4. The molecule has 0 fully saturated rings. The molecule has 6 heteroatoms. The van der Waals surface area contributed by atoms with Crippen LogP contribution >= 0.6 is 11.3 Å². The Hall–Kier alpha value is -1.14. The molecule has 102 valence electrons. The van der Waals surface area contributed by atoms with E-state index in [1.807, 2.05) is 0 Å². The minimum Gasteiger partial charge on any atom is -0.385 e. The number of nitrogens with zero attached hydrogens (tertiary/aromatic N) is 2. The molecule has 0 bridgehead atoms. The fourth-order valence-corrected chi connectivity index (χ4v) is 2.16. The molecule has 0 amide bonds. The van der Waals surface area contributed by atoms with Crippen LogP contribution in [0.3, 0.4) is 0 Å². The lowest BCUT2D eigenvalue weighted by molar-refractivity contribution is 0.195. The van der Waals surface area contributed by atoms with Gasteiger partial charge in [-0.1, -0.05) is 6.92 Å². The molecule has 0 saturated heterocycles. The van der Waals surface area contributed by atoms with Crippen molar-refractivity contribution in [2.24, 2.45) is 4.99 Å². The molecule has 1 aromatic rings. The summed E-state index contributed by atoms with van der Waals surface area (Å²) in [5, 5.41) is 9.74. The molecule has 0 saturated carbocycles. The van der Waals surface area contributed by atoms with Crippen molar-refractivity contribution in [1.29, 1.82) is 0 Å². The van der Waals surface area contributed by atoms with Gasteiger partial charge in [0.25, 0.3) is 0 Å². The average molecular weight is 270 g/mol. The van der Waals surface area contributed by atoms with Gasteiger partial charge in [0.15, 0.2) is 5.96 Å². The van der Waals surface area contributed by atoms with Gasteiger partial charge >= 0.3 is 0 Å². The number of rotatable bonds is 7. The number of hydrogen-bond donors (Lipinski definition) is 2. The summed E-state index contributed by atoms with van der Waals surface area (Å²) in [6.07, 6.45) is 1.96. The summed E-state index contributed by atoms with van der Waals surface area (Å²) in [7, 11) is 3.48. The summed E-state index contributed by atoms with van der Waals surface area (Å²) in [6, 6.07) is 0. The highest BCUT2D eigenvalue weighted by Crippen LogP contribution is 2.09. The van der Waals surface area contributed by atoms with Gasteiger partial charge in [-0.2, -0.15) is 0 Å².